The Kier molecular flexibility index (Phi) is 4.40. The van der Waals surface area contributed by atoms with E-state index in [1.165, 1.54) is 5.56 Å². The van der Waals surface area contributed by atoms with E-state index in [0.717, 1.165) is 11.3 Å². The topological polar surface area (TPSA) is 48.1 Å². The molecule has 2 aromatic rings. The minimum atomic E-state index is -0.140. The summed E-state index contributed by atoms with van der Waals surface area (Å²) in [5.74, 6) is 0.838. The van der Waals surface area contributed by atoms with Gasteiger partial charge in [-0.1, -0.05) is 32.9 Å². The molecular formula is C17H22N2O. The Morgan fingerprint density at radius 3 is 2.15 bits per heavy atom. The third kappa shape index (κ3) is 3.58. The van der Waals surface area contributed by atoms with Gasteiger partial charge in [0.05, 0.1) is 0 Å². The highest BCUT2D eigenvalue weighted by molar-refractivity contribution is 5.31. The number of hydrogen-bond acceptors (Lipinski definition) is 3. The summed E-state index contributed by atoms with van der Waals surface area (Å²) >= 11 is 0. The third-order valence-corrected chi connectivity index (χ3v) is 3.29. The Hall–Kier alpha value is -1.87. The van der Waals surface area contributed by atoms with Crippen molar-refractivity contribution in [3.63, 3.8) is 0 Å². The molecule has 0 bridgehead atoms. The van der Waals surface area contributed by atoms with Gasteiger partial charge in [0.15, 0.2) is 0 Å². The van der Waals surface area contributed by atoms with Crippen molar-refractivity contribution in [1.82, 2.24) is 4.98 Å². The van der Waals surface area contributed by atoms with Crippen molar-refractivity contribution in [1.29, 1.82) is 0 Å². The molecule has 1 atom stereocenters. The van der Waals surface area contributed by atoms with Crippen LogP contribution < -0.4 is 10.5 Å². The molecule has 1 heterocycles. The highest BCUT2D eigenvalue weighted by atomic mass is 16.5. The quantitative estimate of drug-likeness (QED) is 0.925. The maximum Gasteiger partial charge on any atom is 0.136 e. The lowest BCUT2D eigenvalue weighted by Gasteiger charge is -2.21. The molecule has 106 valence electrons. The van der Waals surface area contributed by atoms with Crippen LogP contribution in [0.2, 0.25) is 0 Å². The molecule has 0 radical (unpaired) electrons. The maximum absolute atomic E-state index is 5.96. The first-order valence-corrected chi connectivity index (χ1v) is 6.88. The maximum atomic E-state index is 5.96. The summed E-state index contributed by atoms with van der Waals surface area (Å²) in [6.45, 7) is 7.03. The number of nitrogens with zero attached hydrogens (tertiary/aromatic N) is 1. The first-order valence-electron chi connectivity index (χ1n) is 6.88. The van der Waals surface area contributed by atoms with Crippen LogP contribution in [0.15, 0.2) is 48.8 Å². The van der Waals surface area contributed by atoms with Crippen LogP contribution in [0.4, 0.5) is 0 Å². The van der Waals surface area contributed by atoms with Gasteiger partial charge in [0, 0.05) is 18.9 Å². The largest absolute Gasteiger partial charge is 0.484 e. The van der Waals surface area contributed by atoms with Crippen LogP contribution in [0.5, 0.6) is 5.75 Å². The molecule has 20 heavy (non-hydrogen) atoms. The monoisotopic (exact) mass is 270 g/mol. The van der Waals surface area contributed by atoms with Crippen molar-refractivity contribution >= 4 is 0 Å². The fraction of sp³-hybridized carbons (Fsp3) is 0.353. The number of ether oxygens (including phenoxy) is 1. The lowest BCUT2D eigenvalue weighted by atomic mass is 9.87. The molecule has 0 saturated heterocycles. The smallest absolute Gasteiger partial charge is 0.136 e. The number of benzene rings is 1. The van der Waals surface area contributed by atoms with Crippen LogP contribution in [-0.2, 0) is 5.41 Å². The number of nitrogens with two attached hydrogens (primary N) is 1. The molecule has 1 unspecified atom stereocenters. The first kappa shape index (κ1) is 14.5. The minimum Gasteiger partial charge on any atom is -0.484 e. The number of hydrogen-bond donors (Lipinski definition) is 1. The number of rotatable bonds is 4. The van der Waals surface area contributed by atoms with Gasteiger partial charge in [-0.15, -0.1) is 0 Å². The second-order valence-corrected chi connectivity index (χ2v) is 5.90. The standard InChI is InChI=1S/C17H22N2O/c1-17(2,3)14-4-6-15(7-5-14)20-16(12-18)13-8-10-19-11-9-13/h4-11,16H,12,18H2,1-3H3. The first-order chi connectivity index (χ1) is 9.50. The zero-order chi connectivity index (χ0) is 14.6. The highest BCUT2D eigenvalue weighted by Crippen LogP contribution is 2.26. The van der Waals surface area contributed by atoms with Crippen molar-refractivity contribution in [3.05, 3.63) is 59.9 Å². The van der Waals surface area contributed by atoms with Crippen molar-refractivity contribution < 1.29 is 4.74 Å². The van der Waals surface area contributed by atoms with E-state index in [9.17, 15) is 0 Å². The average molecular weight is 270 g/mol. The third-order valence-electron chi connectivity index (χ3n) is 3.29. The van der Waals surface area contributed by atoms with Crippen LogP contribution in [0, 0.1) is 0 Å². The van der Waals surface area contributed by atoms with Gasteiger partial charge in [-0.05, 0) is 40.8 Å². The van der Waals surface area contributed by atoms with E-state index in [1.54, 1.807) is 12.4 Å². The zero-order valence-electron chi connectivity index (χ0n) is 12.3. The highest BCUT2D eigenvalue weighted by Gasteiger charge is 2.15. The van der Waals surface area contributed by atoms with Gasteiger partial charge in [-0.25, -0.2) is 0 Å². The zero-order valence-corrected chi connectivity index (χ0v) is 12.3. The number of pyridine rings is 1. The fourth-order valence-corrected chi connectivity index (χ4v) is 2.03. The molecule has 0 aliphatic carbocycles. The predicted octanol–water partition coefficient (Wildman–Crippen LogP) is 3.46. The van der Waals surface area contributed by atoms with Gasteiger partial charge in [0.1, 0.15) is 11.9 Å². The van der Waals surface area contributed by atoms with Crippen LogP contribution in [0.3, 0.4) is 0 Å². The van der Waals surface area contributed by atoms with Crippen molar-refractivity contribution in [2.45, 2.75) is 32.3 Å². The van der Waals surface area contributed by atoms with Gasteiger partial charge >= 0.3 is 0 Å². The summed E-state index contributed by atoms with van der Waals surface area (Å²) in [4.78, 5) is 4.01. The van der Waals surface area contributed by atoms with E-state index in [0.29, 0.717) is 6.54 Å². The van der Waals surface area contributed by atoms with Crippen LogP contribution in [-0.4, -0.2) is 11.5 Å². The molecule has 0 amide bonds. The summed E-state index contributed by atoms with van der Waals surface area (Å²) in [6.07, 6.45) is 3.37. The molecule has 1 aromatic carbocycles. The Morgan fingerprint density at radius 2 is 1.65 bits per heavy atom. The molecule has 2 N–H and O–H groups in total. The van der Waals surface area contributed by atoms with Crippen molar-refractivity contribution in [2.75, 3.05) is 6.54 Å². The van der Waals surface area contributed by atoms with Crippen LogP contribution in [0.25, 0.3) is 0 Å². The molecule has 0 aliphatic heterocycles. The summed E-state index contributed by atoms with van der Waals surface area (Å²) in [6, 6.07) is 12.1. The summed E-state index contributed by atoms with van der Waals surface area (Å²) < 4.78 is 5.96. The molecule has 0 aliphatic rings. The van der Waals surface area contributed by atoms with E-state index in [1.807, 2.05) is 24.3 Å². The van der Waals surface area contributed by atoms with E-state index in [-0.39, 0.29) is 11.5 Å². The van der Waals surface area contributed by atoms with Gasteiger partial charge in [-0.2, -0.15) is 0 Å². The lowest BCUT2D eigenvalue weighted by Crippen LogP contribution is -2.18. The Labute approximate surface area is 120 Å². The van der Waals surface area contributed by atoms with E-state index < -0.39 is 0 Å². The van der Waals surface area contributed by atoms with E-state index in [2.05, 4.69) is 37.9 Å². The Morgan fingerprint density at radius 1 is 1.05 bits per heavy atom. The normalized spacial score (nSPS) is 13.0. The molecule has 1 aromatic heterocycles. The average Bonchev–Trinajstić information content (AvgIpc) is 2.45. The van der Waals surface area contributed by atoms with E-state index >= 15 is 0 Å². The Balaban J connectivity index is 2.13. The summed E-state index contributed by atoms with van der Waals surface area (Å²) in [5, 5.41) is 0. The molecule has 0 saturated carbocycles. The SMILES string of the molecule is CC(C)(C)c1ccc(OC(CN)c2ccncc2)cc1. The second kappa shape index (κ2) is 6.06. The molecule has 2 rings (SSSR count). The lowest BCUT2D eigenvalue weighted by molar-refractivity contribution is 0.214. The Bertz CT molecular complexity index is 529. The number of aromatic nitrogens is 1. The van der Waals surface area contributed by atoms with Gasteiger partial charge in [-0.3, -0.25) is 4.98 Å². The molecular weight excluding hydrogens is 248 g/mol. The van der Waals surface area contributed by atoms with Crippen LogP contribution in [0.1, 0.15) is 38.0 Å². The predicted molar refractivity (Wildman–Crippen MR) is 81.8 cm³/mol. The fourth-order valence-electron chi connectivity index (χ4n) is 2.03. The summed E-state index contributed by atoms with van der Waals surface area (Å²) in [7, 11) is 0. The second-order valence-electron chi connectivity index (χ2n) is 5.90. The molecule has 0 spiro atoms. The molecule has 3 nitrogen and oxygen atoms in total. The molecule has 0 fully saturated rings. The van der Waals surface area contributed by atoms with Crippen LogP contribution >= 0.6 is 0 Å². The van der Waals surface area contributed by atoms with Gasteiger partial charge < -0.3 is 10.5 Å². The summed E-state index contributed by atoms with van der Waals surface area (Å²) in [5.41, 5.74) is 8.29. The molecule has 3 heteroatoms. The van der Waals surface area contributed by atoms with Crippen molar-refractivity contribution in [2.24, 2.45) is 5.73 Å². The van der Waals surface area contributed by atoms with E-state index in [4.69, 9.17) is 10.5 Å². The van der Waals surface area contributed by atoms with Gasteiger partial charge in [0.2, 0.25) is 0 Å². The van der Waals surface area contributed by atoms with Crippen molar-refractivity contribution in [3.8, 4) is 5.75 Å². The minimum absolute atomic E-state index is 0.140. The van der Waals surface area contributed by atoms with Gasteiger partial charge in [0.25, 0.3) is 0 Å².